The number of phenols is 1. The topological polar surface area (TPSA) is 55.8 Å². The van der Waals surface area contributed by atoms with Crippen molar-refractivity contribution in [3.8, 4) is 5.75 Å². The third kappa shape index (κ3) is 2.99. The van der Waals surface area contributed by atoms with Gasteiger partial charge in [0.15, 0.2) is 0 Å². The number of rotatable bonds is 2. The first-order valence-corrected chi connectivity index (χ1v) is 7.10. The van der Waals surface area contributed by atoms with Crippen LogP contribution < -0.4 is 5.43 Å². The third-order valence-electron chi connectivity index (χ3n) is 3.87. The lowest BCUT2D eigenvalue weighted by molar-refractivity contribution is 0.0660. The fraction of sp³-hybridized carbons (Fsp3) is 0.312. The number of nitrogens with one attached hydrogen (secondary N) is 1. The number of hydrogen-bond donors (Lipinski definition) is 2. The van der Waals surface area contributed by atoms with Crippen LogP contribution >= 0.6 is 0 Å². The summed E-state index contributed by atoms with van der Waals surface area (Å²) in [5.41, 5.74) is 3.18. The molecule has 3 rings (SSSR count). The Kier molecular flexibility index (Phi) is 3.77. The van der Waals surface area contributed by atoms with Crippen molar-refractivity contribution in [2.75, 3.05) is 33.2 Å². The van der Waals surface area contributed by atoms with Crippen molar-refractivity contribution in [3.63, 3.8) is 0 Å². The van der Waals surface area contributed by atoms with Crippen LogP contribution in [0.15, 0.2) is 36.4 Å². The molecule has 0 atom stereocenters. The first-order chi connectivity index (χ1) is 10.1. The molecule has 1 aliphatic heterocycles. The number of carbonyl (C=O) groups excluding carboxylic acids is 1. The van der Waals surface area contributed by atoms with E-state index >= 15 is 0 Å². The average molecular weight is 285 g/mol. The van der Waals surface area contributed by atoms with Gasteiger partial charge in [0, 0.05) is 26.2 Å². The molecule has 0 aromatic heterocycles. The Morgan fingerprint density at radius 1 is 1.10 bits per heavy atom. The zero-order valence-electron chi connectivity index (χ0n) is 12.0. The van der Waals surface area contributed by atoms with Crippen molar-refractivity contribution in [3.05, 3.63) is 42.0 Å². The Hall–Kier alpha value is -2.11. The van der Waals surface area contributed by atoms with E-state index in [0.29, 0.717) is 5.56 Å². The Balaban J connectivity index is 1.79. The second-order valence-electron chi connectivity index (χ2n) is 5.45. The van der Waals surface area contributed by atoms with Crippen LogP contribution in [0.1, 0.15) is 10.4 Å². The van der Waals surface area contributed by atoms with Crippen molar-refractivity contribution in [2.45, 2.75) is 0 Å². The van der Waals surface area contributed by atoms with Crippen LogP contribution in [0, 0.1) is 0 Å². The van der Waals surface area contributed by atoms with Gasteiger partial charge in [-0.1, -0.05) is 24.3 Å². The molecule has 0 spiro atoms. The number of carbonyl (C=O) groups is 1. The highest BCUT2D eigenvalue weighted by atomic mass is 16.3. The minimum absolute atomic E-state index is 0.0142. The van der Waals surface area contributed by atoms with Gasteiger partial charge in [-0.3, -0.25) is 10.2 Å². The maximum Gasteiger partial charge on any atom is 0.269 e. The van der Waals surface area contributed by atoms with Gasteiger partial charge in [-0.05, 0) is 30.0 Å². The fourth-order valence-corrected chi connectivity index (χ4v) is 2.53. The summed E-state index contributed by atoms with van der Waals surface area (Å²) < 4.78 is 0. The number of nitrogens with zero attached hydrogens (tertiary/aromatic N) is 2. The Morgan fingerprint density at radius 3 is 2.38 bits per heavy atom. The summed E-state index contributed by atoms with van der Waals surface area (Å²) in [6.45, 7) is 3.42. The van der Waals surface area contributed by atoms with Gasteiger partial charge in [-0.25, -0.2) is 5.01 Å². The van der Waals surface area contributed by atoms with Crippen LogP contribution in [0.5, 0.6) is 5.75 Å². The van der Waals surface area contributed by atoms with Crippen LogP contribution in [0.25, 0.3) is 10.8 Å². The lowest BCUT2D eigenvalue weighted by atomic mass is 10.1. The smallest absolute Gasteiger partial charge is 0.269 e. The molecule has 0 saturated carbocycles. The second kappa shape index (κ2) is 5.71. The van der Waals surface area contributed by atoms with Crippen molar-refractivity contribution in [1.29, 1.82) is 0 Å². The molecular weight excluding hydrogens is 266 g/mol. The van der Waals surface area contributed by atoms with Crippen LogP contribution in [-0.2, 0) is 0 Å². The summed E-state index contributed by atoms with van der Waals surface area (Å²) in [7, 11) is 2.06. The maximum atomic E-state index is 12.3. The molecule has 0 radical (unpaired) electrons. The number of piperazine rings is 1. The predicted octanol–water partition coefficient (Wildman–Crippen LogP) is 1.44. The maximum absolute atomic E-state index is 12.3. The van der Waals surface area contributed by atoms with Crippen LogP contribution in [-0.4, -0.2) is 54.1 Å². The van der Waals surface area contributed by atoms with E-state index in [1.54, 1.807) is 12.1 Å². The van der Waals surface area contributed by atoms with Crippen molar-refractivity contribution in [2.24, 2.45) is 0 Å². The third-order valence-corrected chi connectivity index (χ3v) is 3.87. The molecule has 1 saturated heterocycles. The van der Waals surface area contributed by atoms with Gasteiger partial charge >= 0.3 is 0 Å². The quantitative estimate of drug-likeness (QED) is 0.876. The molecule has 21 heavy (non-hydrogen) atoms. The van der Waals surface area contributed by atoms with E-state index in [1.807, 2.05) is 29.3 Å². The van der Waals surface area contributed by atoms with Crippen molar-refractivity contribution in [1.82, 2.24) is 15.3 Å². The number of hydrogen-bond acceptors (Lipinski definition) is 4. The summed E-state index contributed by atoms with van der Waals surface area (Å²) in [6.07, 6.45) is 0. The molecule has 1 heterocycles. The molecule has 2 N–H and O–H groups in total. The number of aromatic hydroxyl groups is 1. The number of benzene rings is 2. The molecule has 1 amide bonds. The zero-order valence-corrected chi connectivity index (χ0v) is 12.0. The number of hydrazine groups is 1. The molecule has 0 aliphatic carbocycles. The van der Waals surface area contributed by atoms with Gasteiger partial charge in [0.1, 0.15) is 5.75 Å². The SMILES string of the molecule is CN1CCN(NC(=O)c2cc3ccccc3cc2O)CC1. The molecule has 2 aromatic carbocycles. The van der Waals surface area contributed by atoms with Gasteiger partial charge in [-0.2, -0.15) is 0 Å². The summed E-state index contributed by atoms with van der Waals surface area (Å²) >= 11 is 0. The summed E-state index contributed by atoms with van der Waals surface area (Å²) in [4.78, 5) is 14.6. The number of phenolic OH excluding ortho intramolecular Hbond substituents is 1. The van der Waals surface area contributed by atoms with E-state index in [0.717, 1.165) is 37.0 Å². The molecule has 5 nitrogen and oxygen atoms in total. The molecule has 1 fully saturated rings. The Morgan fingerprint density at radius 2 is 1.71 bits per heavy atom. The van der Waals surface area contributed by atoms with E-state index in [9.17, 15) is 9.90 Å². The highest BCUT2D eigenvalue weighted by Crippen LogP contribution is 2.24. The molecule has 5 heteroatoms. The first kappa shape index (κ1) is 13.9. The van der Waals surface area contributed by atoms with Gasteiger partial charge in [0.25, 0.3) is 5.91 Å². The van der Waals surface area contributed by atoms with E-state index < -0.39 is 0 Å². The largest absolute Gasteiger partial charge is 0.507 e. The first-order valence-electron chi connectivity index (χ1n) is 7.10. The highest BCUT2D eigenvalue weighted by Gasteiger charge is 2.18. The minimum Gasteiger partial charge on any atom is -0.507 e. The molecule has 0 bridgehead atoms. The Bertz CT molecular complexity index is 664. The molecule has 2 aromatic rings. The second-order valence-corrected chi connectivity index (χ2v) is 5.45. The average Bonchev–Trinajstić information content (AvgIpc) is 2.49. The minimum atomic E-state index is -0.261. The van der Waals surface area contributed by atoms with Gasteiger partial charge in [0.2, 0.25) is 0 Å². The fourth-order valence-electron chi connectivity index (χ4n) is 2.53. The van der Waals surface area contributed by atoms with Crippen LogP contribution in [0.3, 0.4) is 0 Å². The molecule has 110 valence electrons. The van der Waals surface area contributed by atoms with E-state index in [4.69, 9.17) is 0 Å². The monoisotopic (exact) mass is 285 g/mol. The lowest BCUT2D eigenvalue weighted by Crippen LogP contribution is -2.52. The summed E-state index contributed by atoms with van der Waals surface area (Å²) in [5.74, 6) is -0.247. The van der Waals surface area contributed by atoms with Crippen LogP contribution in [0.4, 0.5) is 0 Å². The van der Waals surface area contributed by atoms with Crippen molar-refractivity contribution < 1.29 is 9.90 Å². The molecule has 0 unspecified atom stereocenters. The standard InChI is InChI=1S/C16H19N3O2/c1-18-6-8-19(9-7-18)17-16(21)14-10-12-4-2-3-5-13(12)11-15(14)20/h2-5,10-11,20H,6-9H2,1H3,(H,17,21). The summed E-state index contributed by atoms with van der Waals surface area (Å²) in [5, 5.41) is 13.8. The Labute approximate surface area is 123 Å². The van der Waals surface area contributed by atoms with E-state index in [2.05, 4.69) is 17.4 Å². The summed E-state index contributed by atoms with van der Waals surface area (Å²) in [6, 6.07) is 11.0. The normalized spacial score (nSPS) is 17.0. The molecular formula is C16H19N3O2. The van der Waals surface area contributed by atoms with Gasteiger partial charge in [0.05, 0.1) is 5.56 Å². The van der Waals surface area contributed by atoms with E-state index in [1.165, 1.54) is 0 Å². The number of likely N-dealkylation sites (N-methyl/N-ethyl adjacent to an activating group) is 1. The number of amides is 1. The van der Waals surface area contributed by atoms with Crippen molar-refractivity contribution >= 4 is 16.7 Å². The lowest BCUT2D eigenvalue weighted by Gasteiger charge is -2.32. The van der Waals surface area contributed by atoms with E-state index in [-0.39, 0.29) is 11.7 Å². The van der Waals surface area contributed by atoms with Crippen LogP contribution in [0.2, 0.25) is 0 Å². The molecule has 1 aliphatic rings. The van der Waals surface area contributed by atoms with Gasteiger partial charge in [-0.15, -0.1) is 0 Å². The number of fused-ring (bicyclic) bond motifs is 1. The van der Waals surface area contributed by atoms with Gasteiger partial charge < -0.3 is 10.0 Å². The highest BCUT2D eigenvalue weighted by molar-refractivity contribution is 6.01. The predicted molar refractivity (Wildman–Crippen MR) is 82.1 cm³/mol. The zero-order chi connectivity index (χ0) is 14.8.